The van der Waals surface area contributed by atoms with Gasteiger partial charge in [-0.1, -0.05) is 25.1 Å². The number of piperidine rings is 1. The average molecular weight is 395 g/mol. The maximum atomic E-state index is 12.9. The number of amides is 2. The highest BCUT2D eigenvalue weighted by Crippen LogP contribution is 2.72. The van der Waals surface area contributed by atoms with E-state index in [1.54, 1.807) is 0 Å². The van der Waals surface area contributed by atoms with Gasteiger partial charge in [0.2, 0.25) is 5.91 Å². The van der Waals surface area contributed by atoms with Gasteiger partial charge in [-0.2, -0.15) is 0 Å². The third kappa shape index (κ3) is 2.72. The number of likely N-dealkylation sites (tertiary alicyclic amines) is 1. The van der Waals surface area contributed by atoms with Crippen LogP contribution in [0.4, 0.5) is 10.5 Å². The quantitative estimate of drug-likeness (QED) is 0.762. The third-order valence-corrected chi connectivity index (χ3v) is 8.56. The summed E-state index contributed by atoms with van der Waals surface area (Å²) in [4.78, 5) is 29.3. The second-order valence-electron chi connectivity index (χ2n) is 10.3. The Morgan fingerprint density at radius 3 is 2.76 bits per heavy atom. The van der Waals surface area contributed by atoms with Crippen molar-refractivity contribution in [1.82, 2.24) is 4.90 Å². The zero-order valence-corrected chi connectivity index (χ0v) is 17.2. The highest BCUT2D eigenvalue weighted by Gasteiger charge is 2.65. The van der Waals surface area contributed by atoms with Gasteiger partial charge in [-0.05, 0) is 73.3 Å². The first-order chi connectivity index (χ1) is 14.0. The monoisotopic (exact) mass is 394 g/mol. The molecule has 5 heteroatoms. The minimum absolute atomic E-state index is 0.102. The molecule has 5 atom stereocenters. The third-order valence-electron chi connectivity index (χ3n) is 8.56. The molecule has 2 aliphatic heterocycles. The van der Waals surface area contributed by atoms with Crippen molar-refractivity contribution in [3.05, 3.63) is 29.8 Å². The molecule has 5 aliphatic rings. The fourth-order valence-corrected chi connectivity index (χ4v) is 7.18. The van der Waals surface area contributed by atoms with E-state index in [1.165, 1.54) is 25.7 Å². The van der Waals surface area contributed by atoms with E-state index in [1.807, 2.05) is 34.1 Å². The van der Waals surface area contributed by atoms with Crippen molar-refractivity contribution in [2.24, 2.45) is 23.2 Å². The van der Waals surface area contributed by atoms with E-state index in [0.29, 0.717) is 36.8 Å². The number of hydrogen-bond donors (Lipinski definition) is 0. The normalized spacial score (nSPS) is 38.0. The lowest BCUT2D eigenvalue weighted by atomic mass is 9.75. The van der Waals surface area contributed by atoms with Crippen LogP contribution in [-0.2, 0) is 16.0 Å². The van der Waals surface area contributed by atoms with E-state index < -0.39 is 0 Å². The first-order valence-electron chi connectivity index (χ1n) is 11.4. The summed E-state index contributed by atoms with van der Waals surface area (Å²) in [5.74, 6) is 2.17. The van der Waals surface area contributed by atoms with Crippen molar-refractivity contribution in [3.63, 3.8) is 0 Å². The van der Waals surface area contributed by atoms with Crippen molar-refractivity contribution in [2.45, 2.75) is 64.0 Å². The van der Waals surface area contributed by atoms with Gasteiger partial charge in [0, 0.05) is 24.8 Å². The summed E-state index contributed by atoms with van der Waals surface area (Å²) in [6.45, 7) is 3.62. The number of fused-ring (bicyclic) bond motifs is 2. The first kappa shape index (κ1) is 17.8. The predicted molar refractivity (Wildman–Crippen MR) is 110 cm³/mol. The molecule has 0 aromatic heterocycles. The molecular formula is C24H30N2O3. The number of nitrogens with zero attached hydrogens (tertiary/aromatic N) is 2. The number of hydrogen-bond acceptors (Lipinski definition) is 3. The standard InChI is InChI=1S/C24H30N2O3/c1-15-12-24-13-17(10-18(24)14-24)22(15)29-23(28)25-8-6-19(7-9-25)26-20-5-3-2-4-16(20)11-21(26)27/h2-5,15,17-19,22H,6-14H2,1H3. The van der Waals surface area contributed by atoms with Crippen molar-refractivity contribution < 1.29 is 14.3 Å². The Balaban J connectivity index is 1.08. The van der Waals surface area contributed by atoms with Crippen LogP contribution < -0.4 is 4.90 Å². The second-order valence-corrected chi connectivity index (χ2v) is 10.3. The Labute approximate surface area is 172 Å². The zero-order valence-electron chi connectivity index (χ0n) is 17.2. The number of ether oxygens (including phenoxy) is 1. The highest BCUT2D eigenvalue weighted by atomic mass is 16.6. The summed E-state index contributed by atoms with van der Waals surface area (Å²) < 4.78 is 6.08. The molecule has 1 aromatic rings. The van der Waals surface area contributed by atoms with Gasteiger partial charge in [-0.25, -0.2) is 4.79 Å². The van der Waals surface area contributed by atoms with Crippen LogP contribution in [0.5, 0.6) is 0 Å². The predicted octanol–water partition coefficient (Wildman–Crippen LogP) is 4.00. The van der Waals surface area contributed by atoms with Crippen LogP contribution >= 0.6 is 0 Å². The van der Waals surface area contributed by atoms with Gasteiger partial charge in [0.1, 0.15) is 6.10 Å². The smallest absolute Gasteiger partial charge is 0.410 e. The second kappa shape index (κ2) is 6.23. The van der Waals surface area contributed by atoms with E-state index in [2.05, 4.69) is 6.92 Å². The fraction of sp³-hybridized carbons (Fsp3) is 0.667. The Hall–Kier alpha value is -2.04. The average Bonchev–Trinajstić information content (AvgIpc) is 3.10. The fourth-order valence-electron chi connectivity index (χ4n) is 7.18. The van der Waals surface area contributed by atoms with Gasteiger partial charge in [-0.3, -0.25) is 4.79 Å². The molecule has 3 saturated carbocycles. The Morgan fingerprint density at radius 1 is 1.14 bits per heavy atom. The number of carbonyl (C=O) groups excluding carboxylic acids is 2. The Morgan fingerprint density at radius 2 is 1.93 bits per heavy atom. The molecule has 2 heterocycles. The minimum atomic E-state index is -0.134. The number of para-hydroxylation sites is 1. The van der Waals surface area contributed by atoms with Crippen molar-refractivity contribution >= 4 is 17.7 Å². The lowest BCUT2D eigenvalue weighted by molar-refractivity contribution is -0.118. The molecule has 0 N–H and O–H groups in total. The van der Waals surface area contributed by atoms with Crippen molar-refractivity contribution in [1.29, 1.82) is 0 Å². The highest BCUT2D eigenvalue weighted by molar-refractivity contribution is 6.01. The summed E-state index contributed by atoms with van der Waals surface area (Å²) in [6.07, 6.45) is 7.32. The molecule has 4 fully saturated rings. The molecule has 0 radical (unpaired) electrons. The maximum Gasteiger partial charge on any atom is 0.410 e. The van der Waals surface area contributed by atoms with E-state index in [9.17, 15) is 9.59 Å². The number of benzene rings is 1. The van der Waals surface area contributed by atoms with Crippen LogP contribution in [0.1, 0.15) is 51.0 Å². The summed E-state index contributed by atoms with van der Waals surface area (Å²) in [5, 5.41) is 0. The molecule has 1 saturated heterocycles. The van der Waals surface area contributed by atoms with Crippen LogP contribution in [0, 0.1) is 23.2 Å². The van der Waals surface area contributed by atoms with E-state index in [-0.39, 0.29) is 24.1 Å². The van der Waals surface area contributed by atoms with Gasteiger partial charge < -0.3 is 14.5 Å². The molecule has 5 unspecified atom stereocenters. The Bertz CT molecular complexity index is 861. The number of rotatable bonds is 2. The summed E-state index contributed by atoms with van der Waals surface area (Å²) in [5.41, 5.74) is 2.81. The van der Waals surface area contributed by atoms with Gasteiger partial charge in [0.25, 0.3) is 0 Å². The summed E-state index contributed by atoms with van der Waals surface area (Å²) in [6, 6.07) is 8.27. The SMILES string of the molecule is CC1CC23CC(CC2C3)C1OC(=O)N1CCC(N2C(=O)Cc3ccccc32)CC1. The van der Waals surface area contributed by atoms with E-state index >= 15 is 0 Å². The molecule has 1 aromatic carbocycles. The number of carbonyl (C=O) groups is 2. The van der Waals surface area contributed by atoms with Gasteiger partial charge >= 0.3 is 6.09 Å². The molecule has 3 aliphatic carbocycles. The molecule has 154 valence electrons. The topological polar surface area (TPSA) is 49.9 Å². The maximum absolute atomic E-state index is 12.9. The largest absolute Gasteiger partial charge is 0.446 e. The van der Waals surface area contributed by atoms with Crippen LogP contribution in [0.2, 0.25) is 0 Å². The zero-order chi connectivity index (χ0) is 19.8. The van der Waals surface area contributed by atoms with Crippen LogP contribution in [0.25, 0.3) is 0 Å². The molecule has 2 bridgehead atoms. The molecule has 1 spiro atoms. The van der Waals surface area contributed by atoms with Crippen LogP contribution in [0.15, 0.2) is 24.3 Å². The molecular weight excluding hydrogens is 364 g/mol. The molecule has 29 heavy (non-hydrogen) atoms. The van der Waals surface area contributed by atoms with E-state index in [4.69, 9.17) is 4.74 Å². The van der Waals surface area contributed by atoms with Crippen LogP contribution in [-0.4, -0.2) is 42.1 Å². The minimum Gasteiger partial charge on any atom is -0.446 e. The molecule has 5 nitrogen and oxygen atoms in total. The van der Waals surface area contributed by atoms with Crippen molar-refractivity contribution in [2.75, 3.05) is 18.0 Å². The molecule has 2 amide bonds. The van der Waals surface area contributed by atoms with Crippen LogP contribution in [0.3, 0.4) is 0 Å². The van der Waals surface area contributed by atoms with Gasteiger partial charge in [-0.15, -0.1) is 0 Å². The first-order valence-corrected chi connectivity index (χ1v) is 11.4. The summed E-state index contributed by atoms with van der Waals surface area (Å²) in [7, 11) is 0. The van der Waals surface area contributed by atoms with E-state index in [0.717, 1.165) is 30.0 Å². The lowest BCUT2D eigenvalue weighted by Crippen LogP contribution is -2.49. The lowest BCUT2D eigenvalue weighted by Gasteiger charge is -2.40. The number of anilines is 1. The summed E-state index contributed by atoms with van der Waals surface area (Å²) >= 11 is 0. The molecule has 6 rings (SSSR count). The van der Waals surface area contributed by atoms with Gasteiger partial charge in [0.15, 0.2) is 0 Å². The Kier molecular flexibility index (Phi) is 3.82. The van der Waals surface area contributed by atoms with Gasteiger partial charge in [0.05, 0.1) is 6.42 Å². The van der Waals surface area contributed by atoms with Crippen molar-refractivity contribution in [3.8, 4) is 0 Å².